The topological polar surface area (TPSA) is 114 Å². The number of anilines is 1. The van der Waals surface area contributed by atoms with Crippen molar-refractivity contribution in [1.29, 1.82) is 0 Å². The van der Waals surface area contributed by atoms with Crippen molar-refractivity contribution in [3.05, 3.63) is 32.6 Å². The van der Waals surface area contributed by atoms with Gasteiger partial charge in [0.05, 0.1) is 20.5 Å². The molecule has 0 amide bonds. The van der Waals surface area contributed by atoms with E-state index >= 15 is 0 Å². The highest BCUT2D eigenvalue weighted by atomic mass is 32.2. The van der Waals surface area contributed by atoms with Crippen molar-refractivity contribution in [1.82, 2.24) is 9.88 Å². The van der Waals surface area contributed by atoms with Crippen LogP contribution < -0.4 is 10.5 Å². The average Bonchev–Trinajstić information content (AvgIpc) is 2.79. The van der Waals surface area contributed by atoms with Gasteiger partial charge in [0.1, 0.15) is 4.70 Å². The molecule has 1 saturated heterocycles. The number of piperazine rings is 1. The van der Waals surface area contributed by atoms with Crippen molar-refractivity contribution >= 4 is 42.1 Å². The van der Waals surface area contributed by atoms with E-state index in [1.807, 2.05) is 4.90 Å². The monoisotopic (exact) mass is 494 g/mol. The third-order valence-corrected chi connectivity index (χ3v) is 9.99. The van der Waals surface area contributed by atoms with Crippen molar-refractivity contribution in [3.8, 4) is 0 Å². The molecular weight excluding hydrogens is 464 g/mol. The van der Waals surface area contributed by atoms with Crippen LogP contribution in [-0.4, -0.2) is 61.2 Å². The first-order valence-electron chi connectivity index (χ1n) is 11.5. The highest BCUT2D eigenvalue weighted by Gasteiger charge is 2.28. The molecule has 11 heteroatoms. The maximum atomic E-state index is 12.8. The Bertz CT molecular complexity index is 1200. The molecule has 33 heavy (non-hydrogen) atoms. The van der Waals surface area contributed by atoms with Gasteiger partial charge in [-0.05, 0) is 38.7 Å². The lowest BCUT2D eigenvalue weighted by Gasteiger charge is -2.37. The lowest BCUT2D eigenvalue weighted by atomic mass is 9.89. The molecule has 180 valence electrons. The lowest BCUT2D eigenvalue weighted by molar-refractivity contribution is -0.383. The SMILES string of the molecule is CC(C)S(=O)(=O)c1cc([N+](=O)[O-])c2sc(N3CCN(CC4CCCCC4)CC3)nc(=O)c2c1. The molecule has 1 aliphatic heterocycles. The molecule has 0 radical (unpaired) electrons. The van der Waals surface area contributed by atoms with E-state index in [1.54, 1.807) is 0 Å². The van der Waals surface area contributed by atoms with Gasteiger partial charge in [-0.3, -0.25) is 19.8 Å². The molecule has 2 aliphatic rings. The minimum absolute atomic E-state index is 0.0203. The van der Waals surface area contributed by atoms with Gasteiger partial charge in [-0.1, -0.05) is 30.6 Å². The van der Waals surface area contributed by atoms with Gasteiger partial charge in [-0.15, -0.1) is 0 Å². The van der Waals surface area contributed by atoms with Crippen LogP contribution in [0, 0.1) is 16.0 Å². The normalized spacial score (nSPS) is 18.8. The molecule has 2 aromatic rings. The maximum absolute atomic E-state index is 12.8. The average molecular weight is 495 g/mol. The van der Waals surface area contributed by atoms with Crippen LogP contribution in [0.5, 0.6) is 0 Å². The third-order valence-electron chi connectivity index (χ3n) is 6.69. The maximum Gasteiger partial charge on any atom is 0.288 e. The quantitative estimate of drug-likeness (QED) is 0.443. The van der Waals surface area contributed by atoms with Crippen molar-refractivity contribution in [3.63, 3.8) is 0 Å². The number of rotatable bonds is 6. The fourth-order valence-electron chi connectivity index (χ4n) is 4.68. The van der Waals surface area contributed by atoms with Crippen LogP contribution in [-0.2, 0) is 9.84 Å². The number of nitro groups is 1. The van der Waals surface area contributed by atoms with Gasteiger partial charge in [0.25, 0.3) is 11.2 Å². The first kappa shape index (κ1) is 24.0. The van der Waals surface area contributed by atoms with Crippen LogP contribution in [0.15, 0.2) is 21.8 Å². The van der Waals surface area contributed by atoms with Crippen molar-refractivity contribution in [2.45, 2.75) is 56.1 Å². The molecule has 1 aromatic heterocycles. The van der Waals surface area contributed by atoms with E-state index in [0.717, 1.165) is 43.0 Å². The number of nitrogens with zero attached hydrogens (tertiary/aromatic N) is 4. The second-order valence-corrected chi connectivity index (χ2v) is 12.7. The summed E-state index contributed by atoms with van der Waals surface area (Å²) < 4.78 is 25.4. The molecule has 1 aliphatic carbocycles. The molecule has 1 saturated carbocycles. The third kappa shape index (κ3) is 5.04. The highest BCUT2D eigenvalue weighted by molar-refractivity contribution is 7.92. The molecule has 0 spiro atoms. The number of benzene rings is 1. The van der Waals surface area contributed by atoms with E-state index in [9.17, 15) is 23.3 Å². The van der Waals surface area contributed by atoms with Crippen molar-refractivity contribution < 1.29 is 13.3 Å². The summed E-state index contributed by atoms with van der Waals surface area (Å²) in [5.74, 6) is 0.763. The number of non-ortho nitro benzene ring substituents is 1. The summed E-state index contributed by atoms with van der Waals surface area (Å²) in [6, 6.07) is 2.30. The van der Waals surface area contributed by atoms with Crippen LogP contribution in [0.4, 0.5) is 10.8 Å². The Hall–Kier alpha value is -2.11. The van der Waals surface area contributed by atoms with E-state index < -0.39 is 25.6 Å². The Balaban J connectivity index is 1.61. The standard InChI is InChI=1S/C22H30N4O5S2/c1-15(2)33(30,31)17-12-18-20(19(13-17)26(28)29)32-22(23-21(18)27)25-10-8-24(9-11-25)14-16-6-4-3-5-7-16/h12-13,15-16H,3-11,14H2,1-2H3. The van der Waals surface area contributed by atoms with E-state index in [-0.39, 0.29) is 20.7 Å². The van der Waals surface area contributed by atoms with Gasteiger partial charge >= 0.3 is 0 Å². The summed E-state index contributed by atoms with van der Waals surface area (Å²) in [4.78, 5) is 32.4. The molecule has 4 rings (SSSR count). The highest BCUT2D eigenvalue weighted by Crippen LogP contribution is 2.35. The second kappa shape index (κ2) is 9.63. The van der Waals surface area contributed by atoms with E-state index in [1.165, 1.54) is 52.0 Å². The smallest absolute Gasteiger partial charge is 0.288 e. The van der Waals surface area contributed by atoms with Crippen LogP contribution in [0.25, 0.3) is 10.1 Å². The number of hydrogen-bond acceptors (Lipinski definition) is 9. The first-order chi connectivity index (χ1) is 15.7. The fourth-order valence-corrected chi connectivity index (χ4v) is 6.90. The molecular formula is C22H30N4O5S2. The zero-order valence-corrected chi connectivity index (χ0v) is 20.7. The summed E-state index contributed by atoms with van der Waals surface area (Å²) in [6.07, 6.45) is 6.57. The van der Waals surface area contributed by atoms with Gasteiger partial charge in [0, 0.05) is 38.8 Å². The number of sulfone groups is 1. The van der Waals surface area contributed by atoms with Crippen molar-refractivity contribution in [2.24, 2.45) is 5.92 Å². The largest absolute Gasteiger partial charge is 0.345 e. The molecule has 0 atom stereocenters. The van der Waals surface area contributed by atoms with Crippen LogP contribution in [0.1, 0.15) is 46.0 Å². The molecule has 2 fully saturated rings. The van der Waals surface area contributed by atoms with E-state index in [0.29, 0.717) is 18.2 Å². The Morgan fingerprint density at radius 1 is 1.15 bits per heavy atom. The Morgan fingerprint density at radius 3 is 2.42 bits per heavy atom. The Morgan fingerprint density at radius 2 is 1.82 bits per heavy atom. The van der Waals surface area contributed by atoms with E-state index in [2.05, 4.69) is 9.88 Å². The summed E-state index contributed by atoms with van der Waals surface area (Å²) in [5.41, 5.74) is -0.999. The summed E-state index contributed by atoms with van der Waals surface area (Å²) in [6.45, 7) is 7.25. The predicted octanol–water partition coefficient (Wildman–Crippen LogP) is 3.45. The zero-order valence-electron chi connectivity index (χ0n) is 19.0. The second-order valence-electron chi connectivity index (χ2n) is 9.26. The predicted molar refractivity (Wildman–Crippen MR) is 130 cm³/mol. The van der Waals surface area contributed by atoms with Crippen LogP contribution >= 0.6 is 11.3 Å². The van der Waals surface area contributed by atoms with Crippen LogP contribution in [0.2, 0.25) is 0 Å². The van der Waals surface area contributed by atoms with Gasteiger partial charge in [-0.25, -0.2) is 8.42 Å². The number of aromatic nitrogens is 1. The zero-order chi connectivity index (χ0) is 23.8. The van der Waals surface area contributed by atoms with Gasteiger partial charge in [0.2, 0.25) is 0 Å². The fraction of sp³-hybridized carbons (Fsp3) is 0.636. The molecule has 9 nitrogen and oxygen atoms in total. The lowest BCUT2D eigenvalue weighted by Crippen LogP contribution is -2.48. The minimum Gasteiger partial charge on any atom is -0.345 e. The Kier molecular flexibility index (Phi) is 7.01. The van der Waals surface area contributed by atoms with Gasteiger partial charge in [-0.2, -0.15) is 4.98 Å². The first-order valence-corrected chi connectivity index (χ1v) is 13.9. The van der Waals surface area contributed by atoms with Gasteiger partial charge < -0.3 is 4.90 Å². The molecule has 2 heterocycles. The molecule has 1 aromatic carbocycles. The number of fused-ring (bicyclic) bond motifs is 1. The molecule has 0 unspecified atom stereocenters. The van der Waals surface area contributed by atoms with Crippen molar-refractivity contribution in [2.75, 3.05) is 37.6 Å². The number of hydrogen-bond donors (Lipinski definition) is 0. The molecule has 0 N–H and O–H groups in total. The summed E-state index contributed by atoms with van der Waals surface area (Å²) >= 11 is 1.09. The summed E-state index contributed by atoms with van der Waals surface area (Å²) in [7, 11) is -3.77. The number of nitro benzene ring substituents is 1. The minimum atomic E-state index is -3.77. The molecule has 0 bridgehead atoms. The van der Waals surface area contributed by atoms with Crippen LogP contribution in [0.3, 0.4) is 0 Å². The summed E-state index contributed by atoms with van der Waals surface area (Å²) in [5, 5.41) is 11.4. The van der Waals surface area contributed by atoms with Gasteiger partial charge in [0.15, 0.2) is 15.0 Å². The Labute approximate surface area is 197 Å². The van der Waals surface area contributed by atoms with E-state index in [4.69, 9.17) is 0 Å².